The second-order valence-corrected chi connectivity index (χ2v) is 5.94. The van der Waals surface area contributed by atoms with Crippen LogP contribution in [-0.2, 0) is 5.75 Å². The summed E-state index contributed by atoms with van der Waals surface area (Å²) < 4.78 is 0. The number of carbonyl (C=O) groups is 1. The SMILES string of the molecule is O=C(C1=CC=CC1)c1ccccc1SCc1ccccc1. The van der Waals surface area contributed by atoms with Crippen molar-refractivity contribution in [3.8, 4) is 0 Å². The lowest BCUT2D eigenvalue weighted by molar-refractivity contribution is 0.103. The first-order chi connectivity index (χ1) is 10.3. The molecule has 0 unspecified atom stereocenters. The van der Waals surface area contributed by atoms with Crippen molar-refractivity contribution >= 4 is 17.5 Å². The smallest absolute Gasteiger partial charge is 0.190 e. The molecule has 2 aromatic carbocycles. The van der Waals surface area contributed by atoms with Crippen LogP contribution in [0.3, 0.4) is 0 Å². The summed E-state index contributed by atoms with van der Waals surface area (Å²) in [5.74, 6) is 1.03. The standard InChI is InChI=1S/C19H16OS/c20-19(16-10-4-5-11-16)17-12-6-7-13-18(17)21-14-15-8-2-1-3-9-15/h1-10,12-13H,11,14H2. The van der Waals surface area contributed by atoms with Gasteiger partial charge in [0.2, 0.25) is 0 Å². The monoisotopic (exact) mass is 292 g/mol. The summed E-state index contributed by atoms with van der Waals surface area (Å²) in [4.78, 5) is 13.6. The van der Waals surface area contributed by atoms with Crippen LogP contribution in [0.15, 0.2) is 83.3 Å². The molecule has 0 bridgehead atoms. The Morgan fingerprint density at radius 1 is 1.00 bits per heavy atom. The third-order valence-electron chi connectivity index (χ3n) is 3.43. The van der Waals surface area contributed by atoms with Gasteiger partial charge < -0.3 is 0 Å². The lowest BCUT2D eigenvalue weighted by Gasteiger charge is -2.09. The Morgan fingerprint density at radius 3 is 2.52 bits per heavy atom. The van der Waals surface area contributed by atoms with Crippen molar-refractivity contribution in [1.29, 1.82) is 0 Å². The number of Topliss-reactive ketones (excluding diaryl/α,β-unsaturated/α-hetero) is 1. The number of ketones is 1. The van der Waals surface area contributed by atoms with Crippen LogP contribution in [0.2, 0.25) is 0 Å². The molecule has 0 amide bonds. The van der Waals surface area contributed by atoms with E-state index in [4.69, 9.17) is 0 Å². The zero-order chi connectivity index (χ0) is 14.5. The first-order valence-electron chi connectivity index (χ1n) is 7.01. The van der Waals surface area contributed by atoms with Crippen molar-refractivity contribution < 1.29 is 4.79 Å². The van der Waals surface area contributed by atoms with Gasteiger partial charge >= 0.3 is 0 Å². The van der Waals surface area contributed by atoms with Gasteiger partial charge in [0.1, 0.15) is 0 Å². The van der Waals surface area contributed by atoms with E-state index in [-0.39, 0.29) is 5.78 Å². The van der Waals surface area contributed by atoms with Gasteiger partial charge in [0.15, 0.2) is 5.78 Å². The minimum atomic E-state index is 0.149. The van der Waals surface area contributed by atoms with Crippen LogP contribution in [0.5, 0.6) is 0 Å². The fourth-order valence-electron chi connectivity index (χ4n) is 2.30. The van der Waals surface area contributed by atoms with E-state index < -0.39 is 0 Å². The molecule has 104 valence electrons. The minimum absolute atomic E-state index is 0.149. The summed E-state index contributed by atoms with van der Waals surface area (Å²) in [6.07, 6.45) is 6.64. The fourth-order valence-corrected chi connectivity index (χ4v) is 3.31. The van der Waals surface area contributed by atoms with Crippen LogP contribution >= 0.6 is 11.8 Å². The highest BCUT2D eigenvalue weighted by atomic mass is 32.2. The fraction of sp³-hybridized carbons (Fsp3) is 0.105. The Bertz CT molecular complexity index is 699. The highest BCUT2D eigenvalue weighted by molar-refractivity contribution is 7.98. The number of hydrogen-bond donors (Lipinski definition) is 0. The number of allylic oxidation sites excluding steroid dienone is 4. The number of benzene rings is 2. The normalized spacial score (nSPS) is 13.2. The third-order valence-corrected chi connectivity index (χ3v) is 4.58. The molecule has 2 aromatic rings. The second-order valence-electron chi connectivity index (χ2n) is 4.92. The van der Waals surface area contributed by atoms with Gasteiger partial charge in [-0.15, -0.1) is 11.8 Å². The molecule has 21 heavy (non-hydrogen) atoms. The van der Waals surface area contributed by atoms with Crippen LogP contribution in [0.25, 0.3) is 0 Å². The Balaban J connectivity index is 1.78. The molecule has 0 saturated carbocycles. The summed E-state index contributed by atoms with van der Waals surface area (Å²) in [7, 11) is 0. The zero-order valence-electron chi connectivity index (χ0n) is 11.7. The minimum Gasteiger partial charge on any atom is -0.289 e. The number of hydrogen-bond acceptors (Lipinski definition) is 2. The number of carbonyl (C=O) groups excluding carboxylic acids is 1. The van der Waals surface area contributed by atoms with E-state index in [9.17, 15) is 4.79 Å². The lowest BCUT2D eigenvalue weighted by atomic mass is 10.0. The van der Waals surface area contributed by atoms with Gasteiger partial charge in [-0.2, -0.15) is 0 Å². The van der Waals surface area contributed by atoms with E-state index in [2.05, 4.69) is 12.1 Å². The highest BCUT2D eigenvalue weighted by Gasteiger charge is 2.16. The van der Waals surface area contributed by atoms with Crippen molar-refractivity contribution in [2.24, 2.45) is 0 Å². The van der Waals surface area contributed by atoms with E-state index in [0.29, 0.717) is 0 Å². The molecular weight excluding hydrogens is 276 g/mol. The Hall–Kier alpha value is -2.06. The van der Waals surface area contributed by atoms with Gasteiger partial charge in [-0.1, -0.05) is 60.7 Å². The maximum absolute atomic E-state index is 12.6. The Morgan fingerprint density at radius 2 is 1.76 bits per heavy atom. The van der Waals surface area contributed by atoms with Crippen LogP contribution < -0.4 is 0 Å². The number of thioether (sulfide) groups is 1. The average Bonchev–Trinajstić information content (AvgIpc) is 3.08. The van der Waals surface area contributed by atoms with Gasteiger partial charge in [0.25, 0.3) is 0 Å². The lowest BCUT2D eigenvalue weighted by Crippen LogP contribution is -2.03. The first-order valence-corrected chi connectivity index (χ1v) is 7.99. The molecule has 1 nitrogen and oxygen atoms in total. The van der Waals surface area contributed by atoms with Crippen LogP contribution in [-0.4, -0.2) is 5.78 Å². The molecule has 0 heterocycles. The Labute approximate surface area is 129 Å². The van der Waals surface area contributed by atoms with E-state index in [1.54, 1.807) is 11.8 Å². The topological polar surface area (TPSA) is 17.1 Å². The maximum Gasteiger partial charge on any atom is 0.190 e. The predicted octanol–water partition coefficient (Wildman–Crippen LogP) is 5.05. The molecular formula is C19H16OS. The molecule has 0 aromatic heterocycles. The van der Waals surface area contributed by atoms with Crippen molar-refractivity contribution in [2.75, 3.05) is 0 Å². The molecule has 1 aliphatic carbocycles. The van der Waals surface area contributed by atoms with Gasteiger partial charge in [0, 0.05) is 21.8 Å². The molecule has 0 spiro atoms. The average molecular weight is 292 g/mol. The van der Waals surface area contributed by atoms with E-state index in [1.807, 2.05) is 60.7 Å². The molecule has 0 N–H and O–H groups in total. The molecule has 3 rings (SSSR count). The third kappa shape index (κ3) is 3.34. The molecule has 0 atom stereocenters. The zero-order valence-corrected chi connectivity index (χ0v) is 12.5. The van der Waals surface area contributed by atoms with E-state index in [0.717, 1.165) is 28.2 Å². The summed E-state index contributed by atoms with van der Waals surface area (Å²) >= 11 is 1.72. The summed E-state index contributed by atoms with van der Waals surface area (Å²) in [6, 6.07) is 18.2. The molecule has 0 fully saturated rings. The number of rotatable bonds is 5. The van der Waals surface area contributed by atoms with Crippen molar-refractivity contribution in [3.63, 3.8) is 0 Å². The quantitative estimate of drug-likeness (QED) is 0.567. The van der Waals surface area contributed by atoms with E-state index >= 15 is 0 Å². The van der Waals surface area contributed by atoms with Crippen molar-refractivity contribution in [1.82, 2.24) is 0 Å². The molecule has 0 saturated heterocycles. The van der Waals surface area contributed by atoms with Gasteiger partial charge in [-0.05, 0) is 24.1 Å². The first kappa shape index (κ1) is 13.9. The molecule has 1 aliphatic rings. The van der Waals surface area contributed by atoms with Crippen molar-refractivity contribution in [2.45, 2.75) is 17.1 Å². The van der Waals surface area contributed by atoms with Crippen LogP contribution in [0.4, 0.5) is 0 Å². The summed E-state index contributed by atoms with van der Waals surface area (Å²) in [5, 5.41) is 0. The van der Waals surface area contributed by atoms with Gasteiger partial charge in [-0.3, -0.25) is 4.79 Å². The molecule has 0 aliphatic heterocycles. The molecule has 2 heteroatoms. The largest absolute Gasteiger partial charge is 0.289 e. The van der Waals surface area contributed by atoms with Crippen molar-refractivity contribution in [3.05, 3.63) is 89.5 Å². The predicted molar refractivity (Wildman–Crippen MR) is 88.6 cm³/mol. The Kier molecular flexibility index (Phi) is 4.37. The van der Waals surface area contributed by atoms with Crippen LogP contribution in [0.1, 0.15) is 22.3 Å². The van der Waals surface area contributed by atoms with E-state index in [1.165, 1.54) is 5.56 Å². The maximum atomic E-state index is 12.6. The summed E-state index contributed by atoms with van der Waals surface area (Å²) in [6.45, 7) is 0. The second kappa shape index (κ2) is 6.59. The van der Waals surface area contributed by atoms with Gasteiger partial charge in [-0.25, -0.2) is 0 Å². The molecule has 0 radical (unpaired) electrons. The van der Waals surface area contributed by atoms with Gasteiger partial charge in [0.05, 0.1) is 0 Å². The van der Waals surface area contributed by atoms with Crippen LogP contribution in [0, 0.1) is 0 Å². The summed E-state index contributed by atoms with van der Waals surface area (Å²) in [5.41, 5.74) is 2.96. The highest BCUT2D eigenvalue weighted by Crippen LogP contribution is 2.29.